The zero-order valence-corrected chi connectivity index (χ0v) is 16.2. The molecule has 0 saturated carbocycles. The Balaban J connectivity index is 1.81. The van der Waals surface area contributed by atoms with E-state index in [0.717, 1.165) is 5.56 Å². The maximum atomic E-state index is 12.0. The van der Waals surface area contributed by atoms with Crippen LogP contribution in [0.15, 0.2) is 48.5 Å². The van der Waals surface area contributed by atoms with E-state index in [1.807, 2.05) is 0 Å². The van der Waals surface area contributed by atoms with Crippen molar-refractivity contribution in [3.8, 4) is 5.75 Å². The second kappa shape index (κ2) is 10.2. The molecule has 0 aromatic heterocycles. The lowest BCUT2D eigenvalue weighted by Crippen LogP contribution is -2.37. The normalized spacial score (nSPS) is 11.2. The molecule has 148 valence electrons. The summed E-state index contributed by atoms with van der Waals surface area (Å²) in [6, 6.07) is 12.2. The Bertz CT molecular complexity index is 882. The van der Waals surface area contributed by atoms with Crippen LogP contribution in [0.25, 0.3) is 0 Å². The SMILES string of the molecule is COc1ccc(NC(=O)NC(=O)COC(=O)c2cccc(CS(C)=O)c2)cc1. The van der Waals surface area contributed by atoms with Crippen LogP contribution >= 0.6 is 0 Å². The summed E-state index contributed by atoms with van der Waals surface area (Å²) in [5.74, 6) is -0.546. The number of hydrogen-bond donors (Lipinski definition) is 2. The first-order valence-electron chi connectivity index (χ1n) is 8.18. The highest BCUT2D eigenvalue weighted by Gasteiger charge is 2.13. The Kier molecular flexibility index (Phi) is 7.70. The summed E-state index contributed by atoms with van der Waals surface area (Å²) < 4.78 is 21.2. The van der Waals surface area contributed by atoms with E-state index < -0.39 is 35.3 Å². The van der Waals surface area contributed by atoms with Crippen LogP contribution in [0.3, 0.4) is 0 Å². The number of amides is 3. The van der Waals surface area contributed by atoms with Gasteiger partial charge in [-0.3, -0.25) is 14.3 Å². The fourth-order valence-electron chi connectivity index (χ4n) is 2.24. The number of benzene rings is 2. The van der Waals surface area contributed by atoms with Crippen molar-refractivity contribution in [3.05, 3.63) is 59.7 Å². The van der Waals surface area contributed by atoms with Crippen LogP contribution in [-0.2, 0) is 26.1 Å². The lowest BCUT2D eigenvalue weighted by atomic mass is 10.1. The van der Waals surface area contributed by atoms with Crippen LogP contribution in [0.1, 0.15) is 15.9 Å². The molecule has 2 rings (SSSR count). The number of urea groups is 1. The first-order chi connectivity index (χ1) is 13.4. The number of anilines is 1. The minimum absolute atomic E-state index is 0.235. The van der Waals surface area contributed by atoms with E-state index >= 15 is 0 Å². The molecule has 0 aliphatic carbocycles. The molecule has 0 spiro atoms. The highest BCUT2D eigenvalue weighted by Crippen LogP contribution is 2.14. The van der Waals surface area contributed by atoms with Gasteiger partial charge in [0.2, 0.25) is 0 Å². The van der Waals surface area contributed by atoms with Crippen molar-refractivity contribution in [1.82, 2.24) is 5.32 Å². The number of esters is 1. The third-order valence-corrected chi connectivity index (χ3v) is 4.21. The molecular formula is C19H20N2O6S. The van der Waals surface area contributed by atoms with Gasteiger partial charge in [-0.2, -0.15) is 0 Å². The Morgan fingerprint density at radius 3 is 2.43 bits per heavy atom. The number of hydrogen-bond acceptors (Lipinski definition) is 6. The third kappa shape index (κ3) is 6.84. The van der Waals surface area contributed by atoms with Crippen molar-refractivity contribution in [1.29, 1.82) is 0 Å². The molecule has 0 saturated heterocycles. The summed E-state index contributed by atoms with van der Waals surface area (Å²) in [6.07, 6.45) is 1.56. The highest BCUT2D eigenvalue weighted by molar-refractivity contribution is 7.83. The fourth-order valence-corrected chi connectivity index (χ4v) is 2.89. The zero-order chi connectivity index (χ0) is 20.5. The van der Waals surface area contributed by atoms with E-state index in [2.05, 4.69) is 10.6 Å². The number of nitrogens with one attached hydrogen (secondary N) is 2. The monoisotopic (exact) mass is 404 g/mol. The van der Waals surface area contributed by atoms with E-state index in [4.69, 9.17) is 9.47 Å². The number of rotatable bonds is 7. The summed E-state index contributed by atoms with van der Waals surface area (Å²) in [7, 11) is 0.481. The molecule has 2 N–H and O–H groups in total. The topological polar surface area (TPSA) is 111 Å². The second-order valence-electron chi connectivity index (χ2n) is 5.72. The van der Waals surface area contributed by atoms with Crippen molar-refractivity contribution < 1.29 is 28.1 Å². The van der Waals surface area contributed by atoms with Gasteiger partial charge in [0.05, 0.1) is 12.7 Å². The van der Waals surface area contributed by atoms with Crippen molar-refractivity contribution in [2.24, 2.45) is 0 Å². The Labute approximate surface area is 164 Å². The van der Waals surface area contributed by atoms with Gasteiger partial charge in [0.25, 0.3) is 5.91 Å². The molecule has 0 bridgehead atoms. The molecule has 2 aromatic rings. The van der Waals surface area contributed by atoms with Crippen LogP contribution in [0.5, 0.6) is 5.75 Å². The van der Waals surface area contributed by atoms with Gasteiger partial charge in [-0.25, -0.2) is 9.59 Å². The molecule has 0 radical (unpaired) electrons. The predicted octanol–water partition coefficient (Wildman–Crippen LogP) is 2.08. The summed E-state index contributed by atoms with van der Waals surface area (Å²) in [6.45, 7) is -0.612. The minimum Gasteiger partial charge on any atom is -0.497 e. The third-order valence-electron chi connectivity index (χ3n) is 3.47. The summed E-state index contributed by atoms with van der Waals surface area (Å²) in [4.78, 5) is 35.6. The largest absolute Gasteiger partial charge is 0.497 e. The van der Waals surface area contributed by atoms with Gasteiger partial charge >= 0.3 is 12.0 Å². The lowest BCUT2D eigenvalue weighted by molar-refractivity contribution is -0.123. The average Bonchev–Trinajstić information content (AvgIpc) is 2.66. The second-order valence-corrected chi connectivity index (χ2v) is 7.16. The molecule has 3 amide bonds. The summed E-state index contributed by atoms with van der Waals surface area (Å²) in [5.41, 5.74) is 1.42. The Hall–Kier alpha value is -3.20. The van der Waals surface area contributed by atoms with Crippen LogP contribution < -0.4 is 15.4 Å². The highest BCUT2D eigenvalue weighted by atomic mass is 32.2. The van der Waals surface area contributed by atoms with Crippen LogP contribution in [-0.4, -0.2) is 42.1 Å². The van der Waals surface area contributed by atoms with Gasteiger partial charge in [-0.1, -0.05) is 12.1 Å². The number of carbonyl (C=O) groups is 3. The molecular weight excluding hydrogens is 384 g/mol. The van der Waals surface area contributed by atoms with E-state index in [1.165, 1.54) is 13.2 Å². The molecule has 2 aromatic carbocycles. The fraction of sp³-hybridized carbons (Fsp3) is 0.211. The summed E-state index contributed by atoms with van der Waals surface area (Å²) in [5, 5.41) is 4.54. The van der Waals surface area contributed by atoms with Gasteiger partial charge in [-0.15, -0.1) is 0 Å². The zero-order valence-electron chi connectivity index (χ0n) is 15.4. The number of imide groups is 1. The molecule has 1 atom stereocenters. The van der Waals surface area contributed by atoms with Gasteiger partial charge < -0.3 is 14.8 Å². The van der Waals surface area contributed by atoms with E-state index in [0.29, 0.717) is 17.2 Å². The smallest absolute Gasteiger partial charge is 0.338 e. The lowest BCUT2D eigenvalue weighted by Gasteiger charge is -2.08. The molecule has 0 heterocycles. The standard InChI is InChI=1S/C19H20N2O6S/c1-26-16-8-6-15(7-9-16)20-19(24)21-17(22)11-27-18(23)14-5-3-4-13(10-14)12-28(2)25/h3-10H,11-12H2,1-2H3,(H2,20,21,22,24). The number of carbonyl (C=O) groups excluding carboxylic acids is 3. The van der Waals surface area contributed by atoms with Crippen molar-refractivity contribution in [2.45, 2.75) is 5.75 Å². The van der Waals surface area contributed by atoms with E-state index in [1.54, 1.807) is 48.7 Å². The first kappa shape index (κ1) is 21.1. The maximum absolute atomic E-state index is 12.0. The van der Waals surface area contributed by atoms with E-state index in [9.17, 15) is 18.6 Å². The Morgan fingerprint density at radius 2 is 1.79 bits per heavy atom. The van der Waals surface area contributed by atoms with Gasteiger partial charge in [0, 0.05) is 28.5 Å². The van der Waals surface area contributed by atoms with E-state index in [-0.39, 0.29) is 5.56 Å². The molecule has 8 nitrogen and oxygen atoms in total. The number of ether oxygens (including phenoxy) is 2. The molecule has 0 aliphatic heterocycles. The van der Waals surface area contributed by atoms with Crippen molar-refractivity contribution in [3.63, 3.8) is 0 Å². The van der Waals surface area contributed by atoms with Crippen LogP contribution in [0.4, 0.5) is 10.5 Å². The van der Waals surface area contributed by atoms with Gasteiger partial charge in [-0.05, 0) is 42.0 Å². The predicted molar refractivity (Wildman–Crippen MR) is 105 cm³/mol. The number of methoxy groups -OCH3 is 1. The average molecular weight is 404 g/mol. The van der Waals surface area contributed by atoms with Gasteiger partial charge in [0.1, 0.15) is 5.75 Å². The van der Waals surface area contributed by atoms with Crippen LogP contribution in [0.2, 0.25) is 0 Å². The molecule has 0 aliphatic rings. The quantitative estimate of drug-likeness (QED) is 0.684. The van der Waals surface area contributed by atoms with Gasteiger partial charge in [0.15, 0.2) is 6.61 Å². The Morgan fingerprint density at radius 1 is 1.07 bits per heavy atom. The molecule has 28 heavy (non-hydrogen) atoms. The molecule has 9 heteroatoms. The van der Waals surface area contributed by atoms with Crippen LogP contribution in [0, 0.1) is 0 Å². The maximum Gasteiger partial charge on any atom is 0.338 e. The van der Waals surface area contributed by atoms with Crippen molar-refractivity contribution >= 4 is 34.4 Å². The molecule has 0 fully saturated rings. The first-order valence-corrected chi connectivity index (χ1v) is 9.91. The summed E-state index contributed by atoms with van der Waals surface area (Å²) >= 11 is 0. The minimum atomic E-state index is -1.04. The van der Waals surface area contributed by atoms with Crippen molar-refractivity contribution in [2.75, 3.05) is 25.3 Å². The molecule has 1 unspecified atom stereocenters.